The molecule has 1 amide bonds. The summed E-state index contributed by atoms with van der Waals surface area (Å²) in [7, 11) is 0. The molecule has 0 saturated heterocycles. The van der Waals surface area contributed by atoms with Gasteiger partial charge in [0.1, 0.15) is 11.5 Å². The highest BCUT2D eigenvalue weighted by Gasteiger charge is 2.28. The number of alkyl carbamates (subject to hydrolysis) is 1. The highest BCUT2D eigenvalue weighted by molar-refractivity contribution is 7.14. The van der Waals surface area contributed by atoms with Crippen molar-refractivity contribution in [1.82, 2.24) is 5.32 Å². The van der Waals surface area contributed by atoms with Crippen LogP contribution >= 0.6 is 11.3 Å². The monoisotopic (exact) mass is 405 g/mol. The number of aromatic carboxylic acids is 1. The summed E-state index contributed by atoms with van der Waals surface area (Å²) >= 11 is 1.18. The second kappa shape index (κ2) is 8.32. The lowest BCUT2D eigenvalue weighted by atomic mass is 9.98. The summed E-state index contributed by atoms with van der Waals surface area (Å²) in [6, 6.07) is 19.7. The topological polar surface area (TPSA) is 75.6 Å². The smallest absolute Gasteiger partial charge is 0.407 e. The van der Waals surface area contributed by atoms with E-state index in [0.29, 0.717) is 6.54 Å². The molecule has 0 aliphatic heterocycles. The van der Waals surface area contributed by atoms with Crippen LogP contribution in [0.4, 0.5) is 4.79 Å². The van der Waals surface area contributed by atoms with E-state index in [0.717, 1.165) is 4.88 Å². The molecule has 0 spiro atoms. The minimum absolute atomic E-state index is 0.0317. The van der Waals surface area contributed by atoms with Crippen molar-refractivity contribution in [1.29, 1.82) is 0 Å². The maximum atomic E-state index is 12.1. The summed E-state index contributed by atoms with van der Waals surface area (Å²) < 4.78 is 5.47. The summed E-state index contributed by atoms with van der Waals surface area (Å²) in [5.41, 5.74) is 4.73. The number of amides is 1. The third-order valence-corrected chi connectivity index (χ3v) is 5.87. The zero-order valence-electron chi connectivity index (χ0n) is 15.5. The highest BCUT2D eigenvalue weighted by atomic mass is 32.1. The molecule has 6 heteroatoms. The molecule has 4 rings (SSSR count). The van der Waals surface area contributed by atoms with Crippen molar-refractivity contribution in [3.63, 3.8) is 0 Å². The second-order valence-electron chi connectivity index (χ2n) is 6.62. The van der Waals surface area contributed by atoms with Crippen LogP contribution in [0.25, 0.3) is 17.2 Å². The zero-order valence-corrected chi connectivity index (χ0v) is 16.3. The van der Waals surface area contributed by atoms with Crippen LogP contribution in [0.1, 0.15) is 31.6 Å². The van der Waals surface area contributed by atoms with E-state index in [4.69, 9.17) is 9.84 Å². The first kappa shape index (κ1) is 19.0. The van der Waals surface area contributed by atoms with Crippen LogP contribution in [0.15, 0.2) is 66.7 Å². The summed E-state index contributed by atoms with van der Waals surface area (Å²) in [5, 5.41) is 11.6. The van der Waals surface area contributed by atoms with Crippen LogP contribution in [0.2, 0.25) is 0 Å². The number of nitrogens with one attached hydrogen (secondary N) is 1. The van der Waals surface area contributed by atoms with E-state index in [1.165, 1.54) is 33.6 Å². The quantitative estimate of drug-likeness (QED) is 0.605. The lowest BCUT2D eigenvalue weighted by Gasteiger charge is -2.14. The largest absolute Gasteiger partial charge is 0.477 e. The Hall–Kier alpha value is -3.38. The molecular formula is C23H19NO4S. The number of hydrogen-bond donors (Lipinski definition) is 2. The minimum Gasteiger partial charge on any atom is -0.477 e. The van der Waals surface area contributed by atoms with Crippen molar-refractivity contribution in [2.75, 3.05) is 13.2 Å². The van der Waals surface area contributed by atoms with Crippen molar-refractivity contribution in [3.05, 3.63) is 87.6 Å². The summed E-state index contributed by atoms with van der Waals surface area (Å²) in [6.07, 6.45) is 3.06. The van der Waals surface area contributed by atoms with Crippen LogP contribution in [-0.2, 0) is 4.74 Å². The van der Waals surface area contributed by atoms with Gasteiger partial charge < -0.3 is 15.2 Å². The van der Waals surface area contributed by atoms with Crippen molar-refractivity contribution in [3.8, 4) is 11.1 Å². The summed E-state index contributed by atoms with van der Waals surface area (Å²) in [4.78, 5) is 24.1. The van der Waals surface area contributed by atoms with Crippen LogP contribution in [-0.4, -0.2) is 30.3 Å². The molecule has 29 heavy (non-hydrogen) atoms. The molecule has 0 radical (unpaired) electrons. The normalized spacial score (nSPS) is 12.6. The van der Waals surface area contributed by atoms with E-state index in [2.05, 4.69) is 29.6 Å². The van der Waals surface area contributed by atoms with Crippen molar-refractivity contribution in [2.24, 2.45) is 0 Å². The molecule has 1 aromatic heterocycles. The molecule has 0 atom stereocenters. The molecule has 1 aliphatic rings. The Morgan fingerprint density at radius 1 is 1.00 bits per heavy atom. The van der Waals surface area contributed by atoms with Crippen LogP contribution in [0, 0.1) is 0 Å². The molecule has 0 unspecified atom stereocenters. The Bertz CT molecular complexity index is 1040. The first-order chi connectivity index (χ1) is 14.1. The van der Waals surface area contributed by atoms with Gasteiger partial charge in [0.25, 0.3) is 0 Å². The second-order valence-corrected chi connectivity index (χ2v) is 7.73. The summed E-state index contributed by atoms with van der Waals surface area (Å²) in [6.45, 7) is 0.577. The van der Waals surface area contributed by atoms with Gasteiger partial charge in [-0.2, -0.15) is 0 Å². The van der Waals surface area contributed by atoms with Gasteiger partial charge in [-0.15, -0.1) is 11.3 Å². The van der Waals surface area contributed by atoms with Gasteiger partial charge in [-0.3, -0.25) is 0 Å². The average molecular weight is 405 g/mol. The Morgan fingerprint density at radius 2 is 1.66 bits per heavy atom. The molecule has 3 aromatic rings. The van der Waals surface area contributed by atoms with E-state index >= 15 is 0 Å². The number of ether oxygens (including phenoxy) is 1. The van der Waals surface area contributed by atoms with Gasteiger partial charge in [0.05, 0.1) is 0 Å². The van der Waals surface area contributed by atoms with E-state index in [9.17, 15) is 9.59 Å². The predicted molar refractivity (Wildman–Crippen MR) is 113 cm³/mol. The fraction of sp³-hybridized carbons (Fsp3) is 0.130. The van der Waals surface area contributed by atoms with Gasteiger partial charge in [0.2, 0.25) is 0 Å². The third kappa shape index (κ3) is 4.07. The lowest BCUT2D eigenvalue weighted by molar-refractivity contribution is 0.0702. The molecule has 1 aliphatic carbocycles. The molecule has 1 heterocycles. The molecule has 5 nitrogen and oxygen atoms in total. The van der Waals surface area contributed by atoms with Crippen molar-refractivity contribution >= 4 is 29.5 Å². The third-order valence-electron chi connectivity index (χ3n) is 4.83. The summed E-state index contributed by atoms with van der Waals surface area (Å²) in [5.74, 6) is -0.907. The number of thiophene rings is 1. The molecule has 0 bridgehead atoms. The van der Waals surface area contributed by atoms with Gasteiger partial charge in [0.15, 0.2) is 0 Å². The number of carboxylic acid groups (broad SMARTS) is 1. The number of hydrogen-bond acceptors (Lipinski definition) is 4. The molecule has 2 N–H and O–H groups in total. The van der Waals surface area contributed by atoms with E-state index in [1.54, 1.807) is 24.3 Å². The van der Waals surface area contributed by atoms with E-state index in [-0.39, 0.29) is 17.4 Å². The van der Waals surface area contributed by atoms with Crippen LogP contribution in [0.3, 0.4) is 0 Å². The van der Waals surface area contributed by atoms with Gasteiger partial charge in [-0.1, -0.05) is 54.6 Å². The predicted octanol–water partition coefficient (Wildman–Crippen LogP) is 5.00. The lowest BCUT2D eigenvalue weighted by Crippen LogP contribution is -2.26. The fourth-order valence-corrected chi connectivity index (χ4v) is 4.30. The minimum atomic E-state index is -0.939. The average Bonchev–Trinajstić information content (AvgIpc) is 3.33. The number of carbonyl (C=O) groups is 2. The standard InChI is InChI=1S/C23H19NO4S/c25-22(26)21-12-11-15(29-21)6-5-13-24-23(27)28-14-20-18-9-3-1-7-16(18)17-8-2-4-10-19(17)20/h1-12,20H,13-14H2,(H,24,27)(H,25,26). The number of rotatable bonds is 6. The van der Waals surface area contributed by atoms with Crippen molar-refractivity contribution in [2.45, 2.75) is 5.92 Å². The molecule has 2 aromatic carbocycles. The van der Waals surface area contributed by atoms with Crippen molar-refractivity contribution < 1.29 is 19.4 Å². The Balaban J connectivity index is 1.32. The van der Waals surface area contributed by atoms with Crippen LogP contribution < -0.4 is 5.32 Å². The van der Waals surface area contributed by atoms with Gasteiger partial charge in [0, 0.05) is 17.3 Å². The van der Waals surface area contributed by atoms with Gasteiger partial charge in [-0.25, -0.2) is 9.59 Å². The Labute approximate surface area is 172 Å². The van der Waals surface area contributed by atoms with E-state index < -0.39 is 12.1 Å². The Kier molecular flexibility index (Phi) is 5.44. The van der Waals surface area contributed by atoms with Gasteiger partial charge in [-0.05, 0) is 40.5 Å². The number of carbonyl (C=O) groups excluding carboxylic acids is 1. The molecular weight excluding hydrogens is 386 g/mol. The maximum absolute atomic E-state index is 12.1. The van der Waals surface area contributed by atoms with Crippen LogP contribution in [0.5, 0.6) is 0 Å². The molecule has 0 saturated carbocycles. The molecule has 0 fully saturated rings. The number of fused-ring (bicyclic) bond motifs is 3. The molecule has 146 valence electrons. The Morgan fingerprint density at radius 3 is 2.28 bits per heavy atom. The fourth-order valence-electron chi connectivity index (χ4n) is 3.52. The van der Waals surface area contributed by atoms with E-state index in [1.807, 2.05) is 24.3 Å². The number of benzene rings is 2. The zero-order chi connectivity index (χ0) is 20.2. The number of carboxylic acids is 1. The maximum Gasteiger partial charge on any atom is 0.407 e. The first-order valence-corrected chi connectivity index (χ1v) is 10.0. The highest BCUT2D eigenvalue weighted by Crippen LogP contribution is 2.44. The SMILES string of the molecule is O=C(NCC=Cc1ccc(C(=O)O)s1)OCC1c2ccccc2-c2ccccc21. The van der Waals surface area contributed by atoms with Gasteiger partial charge >= 0.3 is 12.1 Å². The first-order valence-electron chi connectivity index (χ1n) is 9.22.